The van der Waals surface area contributed by atoms with Crippen LogP contribution in [0.25, 0.3) is 11.3 Å². The Kier molecular flexibility index (Phi) is 4.65. The summed E-state index contributed by atoms with van der Waals surface area (Å²) in [7, 11) is 0. The Morgan fingerprint density at radius 1 is 1.09 bits per heavy atom. The Morgan fingerprint density at radius 2 is 1.82 bits per heavy atom. The number of hydrogen-bond donors (Lipinski definition) is 1. The number of aromatic nitrogens is 1. The summed E-state index contributed by atoms with van der Waals surface area (Å²) in [6.07, 6.45) is 1.78. The summed E-state index contributed by atoms with van der Waals surface area (Å²) in [6.45, 7) is 2.08. The highest BCUT2D eigenvalue weighted by Gasteiger charge is 2.03. The number of benzene rings is 2. The third kappa shape index (κ3) is 3.81. The molecule has 0 fully saturated rings. The number of nitrogens with zero attached hydrogens (tertiary/aromatic N) is 2. The van der Waals surface area contributed by atoms with Crippen LogP contribution in [0.3, 0.4) is 0 Å². The molecule has 1 heterocycles. The largest absolute Gasteiger partial charge is 0.253 e. The highest BCUT2D eigenvalue weighted by Crippen LogP contribution is 2.25. The first-order chi connectivity index (χ1) is 10.7. The van der Waals surface area contributed by atoms with Gasteiger partial charge in [0.05, 0.1) is 11.9 Å². The molecule has 0 bridgehead atoms. The molecule has 0 aliphatic rings. The molecular formula is C17H14BrN3S. The van der Waals surface area contributed by atoms with Crippen LogP contribution in [0.2, 0.25) is 0 Å². The Balaban J connectivity index is 1.66. The first-order valence-corrected chi connectivity index (χ1v) is 8.45. The lowest BCUT2D eigenvalue weighted by Gasteiger charge is -1.97. The molecule has 3 nitrogen and oxygen atoms in total. The number of hydrogen-bond acceptors (Lipinski definition) is 4. The maximum absolute atomic E-state index is 4.54. The van der Waals surface area contributed by atoms with Gasteiger partial charge in [0.15, 0.2) is 0 Å². The van der Waals surface area contributed by atoms with E-state index in [1.165, 1.54) is 5.56 Å². The summed E-state index contributed by atoms with van der Waals surface area (Å²) < 4.78 is 1.06. The molecule has 0 amide bonds. The fourth-order valence-electron chi connectivity index (χ4n) is 1.89. The van der Waals surface area contributed by atoms with Crippen molar-refractivity contribution in [2.45, 2.75) is 6.92 Å². The average Bonchev–Trinajstić information content (AvgIpc) is 2.99. The molecule has 0 aliphatic heterocycles. The summed E-state index contributed by atoms with van der Waals surface area (Å²) in [4.78, 5) is 4.54. The van der Waals surface area contributed by atoms with Crippen molar-refractivity contribution in [3.05, 3.63) is 69.5 Å². The van der Waals surface area contributed by atoms with E-state index in [1.54, 1.807) is 17.6 Å². The fourth-order valence-corrected chi connectivity index (χ4v) is 2.83. The summed E-state index contributed by atoms with van der Waals surface area (Å²) >= 11 is 4.95. The molecule has 0 saturated heterocycles. The van der Waals surface area contributed by atoms with Crippen LogP contribution in [0.5, 0.6) is 0 Å². The first kappa shape index (κ1) is 14.9. The number of aryl methyl sites for hydroxylation is 1. The minimum atomic E-state index is 0.781. The van der Waals surface area contributed by atoms with Crippen LogP contribution >= 0.6 is 27.3 Å². The predicted octanol–water partition coefficient (Wildman–Crippen LogP) is 5.33. The maximum atomic E-state index is 4.54. The van der Waals surface area contributed by atoms with E-state index >= 15 is 0 Å². The molecule has 0 spiro atoms. The number of nitrogens with one attached hydrogen (secondary N) is 1. The second-order valence-electron chi connectivity index (χ2n) is 4.83. The monoisotopic (exact) mass is 371 g/mol. The molecule has 0 aliphatic carbocycles. The summed E-state index contributed by atoms with van der Waals surface area (Å²) in [5, 5.41) is 7.03. The molecule has 5 heteroatoms. The molecule has 1 aromatic heterocycles. The van der Waals surface area contributed by atoms with Crippen molar-refractivity contribution in [3.63, 3.8) is 0 Å². The lowest BCUT2D eigenvalue weighted by molar-refractivity contribution is 1.29. The number of hydrazone groups is 1. The molecule has 3 aromatic rings. The van der Waals surface area contributed by atoms with Gasteiger partial charge < -0.3 is 0 Å². The van der Waals surface area contributed by atoms with Crippen molar-refractivity contribution >= 4 is 38.6 Å². The smallest absolute Gasteiger partial charge is 0.203 e. The topological polar surface area (TPSA) is 37.3 Å². The summed E-state index contributed by atoms with van der Waals surface area (Å²) in [5.74, 6) is 0. The molecule has 0 unspecified atom stereocenters. The van der Waals surface area contributed by atoms with Crippen LogP contribution < -0.4 is 5.43 Å². The number of thiazole rings is 1. The van der Waals surface area contributed by atoms with Gasteiger partial charge in [-0.05, 0) is 24.6 Å². The van der Waals surface area contributed by atoms with E-state index in [0.29, 0.717) is 0 Å². The molecule has 0 radical (unpaired) electrons. The van der Waals surface area contributed by atoms with Crippen LogP contribution in [0, 0.1) is 6.92 Å². The quantitative estimate of drug-likeness (QED) is 0.497. The molecule has 22 heavy (non-hydrogen) atoms. The Bertz CT molecular complexity index is 776. The lowest BCUT2D eigenvalue weighted by atomic mass is 10.1. The van der Waals surface area contributed by atoms with Crippen molar-refractivity contribution in [3.8, 4) is 11.3 Å². The van der Waals surface area contributed by atoms with Crippen molar-refractivity contribution in [1.82, 2.24) is 4.98 Å². The van der Waals surface area contributed by atoms with Gasteiger partial charge in [0.2, 0.25) is 5.13 Å². The van der Waals surface area contributed by atoms with Crippen molar-refractivity contribution < 1.29 is 0 Å². The number of halogens is 1. The van der Waals surface area contributed by atoms with Crippen LogP contribution in [-0.4, -0.2) is 11.2 Å². The predicted molar refractivity (Wildman–Crippen MR) is 97.6 cm³/mol. The molecule has 0 saturated carbocycles. The van der Waals surface area contributed by atoms with Gasteiger partial charge >= 0.3 is 0 Å². The first-order valence-electron chi connectivity index (χ1n) is 6.78. The Hall–Kier alpha value is -1.98. The average molecular weight is 372 g/mol. The van der Waals surface area contributed by atoms with Crippen LogP contribution in [0.15, 0.2) is 63.5 Å². The second-order valence-corrected chi connectivity index (χ2v) is 6.60. The van der Waals surface area contributed by atoms with Gasteiger partial charge in [-0.1, -0.05) is 57.9 Å². The maximum Gasteiger partial charge on any atom is 0.203 e. The van der Waals surface area contributed by atoms with Crippen LogP contribution in [-0.2, 0) is 0 Å². The summed E-state index contributed by atoms with van der Waals surface area (Å²) in [5.41, 5.74) is 7.34. The highest BCUT2D eigenvalue weighted by molar-refractivity contribution is 9.10. The molecule has 0 atom stereocenters. The third-order valence-corrected chi connectivity index (χ3v) is 4.37. The van der Waals surface area contributed by atoms with E-state index in [9.17, 15) is 0 Å². The van der Waals surface area contributed by atoms with Gasteiger partial charge in [0.1, 0.15) is 0 Å². The van der Waals surface area contributed by atoms with Crippen LogP contribution in [0.1, 0.15) is 11.1 Å². The van der Waals surface area contributed by atoms with Gasteiger partial charge in [-0.15, -0.1) is 11.3 Å². The molecule has 110 valence electrons. The number of rotatable bonds is 4. The zero-order valence-electron chi connectivity index (χ0n) is 12.0. The SMILES string of the molecule is Cc1ccc(-c2csc(N/N=C\c3ccc(Br)cc3)n2)cc1. The second kappa shape index (κ2) is 6.85. The standard InChI is InChI=1S/C17H14BrN3S/c1-12-2-6-14(7-3-12)16-11-22-17(20-16)21-19-10-13-4-8-15(18)9-5-13/h2-11H,1H3,(H,20,21)/b19-10-. The van der Waals surface area contributed by atoms with E-state index in [4.69, 9.17) is 0 Å². The van der Waals surface area contributed by atoms with Gasteiger partial charge in [0, 0.05) is 15.4 Å². The fraction of sp³-hybridized carbons (Fsp3) is 0.0588. The Morgan fingerprint density at radius 3 is 2.55 bits per heavy atom. The van der Waals surface area contributed by atoms with Crippen molar-refractivity contribution in [2.24, 2.45) is 5.10 Å². The van der Waals surface area contributed by atoms with Crippen molar-refractivity contribution in [1.29, 1.82) is 0 Å². The lowest BCUT2D eigenvalue weighted by Crippen LogP contribution is -1.90. The third-order valence-electron chi connectivity index (χ3n) is 3.10. The van der Waals surface area contributed by atoms with Gasteiger partial charge in [-0.25, -0.2) is 4.98 Å². The van der Waals surface area contributed by atoms with E-state index in [1.807, 2.05) is 29.6 Å². The van der Waals surface area contributed by atoms with Crippen molar-refractivity contribution in [2.75, 3.05) is 5.43 Å². The van der Waals surface area contributed by atoms with Gasteiger partial charge in [0.25, 0.3) is 0 Å². The minimum absolute atomic E-state index is 0.781. The van der Waals surface area contributed by atoms with E-state index in [2.05, 4.69) is 62.6 Å². The van der Waals surface area contributed by atoms with E-state index < -0.39 is 0 Å². The minimum Gasteiger partial charge on any atom is -0.253 e. The zero-order chi connectivity index (χ0) is 15.4. The zero-order valence-corrected chi connectivity index (χ0v) is 14.4. The number of anilines is 1. The highest BCUT2D eigenvalue weighted by atomic mass is 79.9. The molecule has 1 N–H and O–H groups in total. The Labute approximate surface area is 141 Å². The molecular weight excluding hydrogens is 358 g/mol. The van der Waals surface area contributed by atoms with E-state index in [-0.39, 0.29) is 0 Å². The van der Waals surface area contributed by atoms with Gasteiger partial charge in [-0.2, -0.15) is 5.10 Å². The summed E-state index contributed by atoms with van der Waals surface area (Å²) in [6, 6.07) is 16.3. The normalized spacial score (nSPS) is 11.0. The van der Waals surface area contributed by atoms with Crippen LogP contribution in [0.4, 0.5) is 5.13 Å². The molecule has 3 rings (SSSR count). The van der Waals surface area contributed by atoms with E-state index in [0.717, 1.165) is 26.4 Å². The molecule has 2 aromatic carbocycles. The van der Waals surface area contributed by atoms with Gasteiger partial charge in [-0.3, -0.25) is 5.43 Å².